The minimum atomic E-state index is -0.411. The van der Waals surface area contributed by atoms with Crippen molar-refractivity contribution in [1.29, 1.82) is 0 Å². The van der Waals surface area contributed by atoms with E-state index in [-0.39, 0.29) is 0 Å². The van der Waals surface area contributed by atoms with Crippen LogP contribution in [0.5, 0.6) is 0 Å². The molecule has 0 bridgehead atoms. The fraction of sp³-hybridized carbons (Fsp3) is 0.571. The standard InChI is InChI=1S/C7H12N2OS/c1-5-6(11-4-9-5)7(2,3)10-8/h4H,8H2,1-3H3. The Balaban J connectivity index is 3.00. The molecule has 0 aliphatic carbocycles. The third-order valence-corrected chi connectivity index (χ3v) is 2.82. The van der Waals surface area contributed by atoms with E-state index in [1.165, 1.54) is 0 Å². The summed E-state index contributed by atoms with van der Waals surface area (Å²) in [5.74, 6) is 5.15. The molecule has 4 heteroatoms. The van der Waals surface area contributed by atoms with Crippen molar-refractivity contribution in [1.82, 2.24) is 4.98 Å². The van der Waals surface area contributed by atoms with Crippen LogP contribution in [-0.2, 0) is 10.4 Å². The van der Waals surface area contributed by atoms with Gasteiger partial charge in [0.25, 0.3) is 0 Å². The third-order valence-electron chi connectivity index (χ3n) is 1.59. The van der Waals surface area contributed by atoms with Crippen molar-refractivity contribution in [2.45, 2.75) is 26.4 Å². The minimum absolute atomic E-state index is 0.411. The average molecular weight is 172 g/mol. The molecule has 11 heavy (non-hydrogen) atoms. The number of hydrogen-bond donors (Lipinski definition) is 1. The van der Waals surface area contributed by atoms with Crippen molar-refractivity contribution >= 4 is 11.3 Å². The molecule has 0 saturated heterocycles. The summed E-state index contributed by atoms with van der Waals surface area (Å²) >= 11 is 1.56. The lowest BCUT2D eigenvalue weighted by Crippen LogP contribution is -2.24. The number of aromatic nitrogens is 1. The Morgan fingerprint density at radius 1 is 1.64 bits per heavy atom. The molecule has 2 N–H and O–H groups in total. The van der Waals surface area contributed by atoms with Crippen LogP contribution < -0.4 is 5.90 Å². The van der Waals surface area contributed by atoms with Crippen LogP contribution >= 0.6 is 11.3 Å². The molecule has 0 amide bonds. The molecule has 62 valence electrons. The van der Waals surface area contributed by atoms with Gasteiger partial charge < -0.3 is 0 Å². The lowest BCUT2D eigenvalue weighted by molar-refractivity contribution is -0.0214. The van der Waals surface area contributed by atoms with Crippen LogP contribution in [0.15, 0.2) is 5.51 Å². The van der Waals surface area contributed by atoms with Crippen molar-refractivity contribution in [3.63, 3.8) is 0 Å². The molecule has 0 spiro atoms. The number of rotatable bonds is 2. The largest absolute Gasteiger partial charge is 0.293 e. The summed E-state index contributed by atoms with van der Waals surface area (Å²) in [5.41, 5.74) is 2.38. The van der Waals surface area contributed by atoms with Gasteiger partial charge in [0.05, 0.1) is 16.1 Å². The number of aryl methyl sites for hydroxylation is 1. The molecule has 1 heterocycles. The first-order valence-electron chi connectivity index (χ1n) is 3.36. The van der Waals surface area contributed by atoms with Crippen LogP contribution in [0.4, 0.5) is 0 Å². The quantitative estimate of drug-likeness (QED) is 0.689. The normalized spacial score (nSPS) is 12.0. The minimum Gasteiger partial charge on any atom is -0.293 e. The van der Waals surface area contributed by atoms with Gasteiger partial charge in [-0.25, -0.2) is 10.9 Å². The van der Waals surface area contributed by atoms with Gasteiger partial charge in [0.2, 0.25) is 0 Å². The molecule has 3 nitrogen and oxygen atoms in total. The van der Waals surface area contributed by atoms with E-state index in [1.54, 1.807) is 16.8 Å². The molecule has 0 aliphatic heterocycles. The van der Waals surface area contributed by atoms with Crippen LogP contribution in [-0.4, -0.2) is 4.98 Å². The fourth-order valence-corrected chi connectivity index (χ4v) is 1.80. The Bertz CT molecular complexity index is 244. The maximum absolute atomic E-state index is 5.15. The lowest BCUT2D eigenvalue weighted by Gasteiger charge is -2.20. The van der Waals surface area contributed by atoms with E-state index in [4.69, 9.17) is 10.7 Å². The Kier molecular flexibility index (Phi) is 2.27. The highest BCUT2D eigenvalue weighted by Crippen LogP contribution is 2.28. The highest BCUT2D eigenvalue weighted by molar-refractivity contribution is 7.09. The Hall–Kier alpha value is -0.450. The number of hydrogen-bond acceptors (Lipinski definition) is 4. The molecule has 0 unspecified atom stereocenters. The van der Waals surface area contributed by atoms with Crippen molar-refractivity contribution in [3.8, 4) is 0 Å². The summed E-state index contributed by atoms with van der Waals surface area (Å²) in [4.78, 5) is 10.0. The van der Waals surface area contributed by atoms with Gasteiger partial charge in [0, 0.05) is 0 Å². The third kappa shape index (κ3) is 1.58. The van der Waals surface area contributed by atoms with Gasteiger partial charge in [-0.1, -0.05) is 0 Å². The number of thiazole rings is 1. The zero-order valence-electron chi connectivity index (χ0n) is 6.92. The van der Waals surface area contributed by atoms with Gasteiger partial charge in [-0.05, 0) is 20.8 Å². The molecule has 0 saturated carbocycles. The second-order valence-electron chi connectivity index (χ2n) is 2.90. The van der Waals surface area contributed by atoms with E-state index in [0.717, 1.165) is 10.6 Å². The van der Waals surface area contributed by atoms with Crippen molar-refractivity contribution in [2.24, 2.45) is 5.90 Å². The van der Waals surface area contributed by atoms with Gasteiger partial charge in [-0.15, -0.1) is 11.3 Å². The fourth-order valence-electron chi connectivity index (χ4n) is 0.933. The monoisotopic (exact) mass is 172 g/mol. The van der Waals surface area contributed by atoms with Crippen LogP contribution in [0.25, 0.3) is 0 Å². The van der Waals surface area contributed by atoms with Gasteiger partial charge in [-0.3, -0.25) is 4.84 Å². The van der Waals surface area contributed by atoms with Crippen molar-refractivity contribution in [3.05, 3.63) is 16.1 Å². The maximum Gasteiger partial charge on any atom is 0.120 e. The molecule has 1 aromatic heterocycles. The molecular formula is C7H12N2OS. The van der Waals surface area contributed by atoms with Gasteiger partial charge in [-0.2, -0.15) is 0 Å². The molecule has 1 rings (SSSR count). The summed E-state index contributed by atoms with van der Waals surface area (Å²) in [6.07, 6.45) is 0. The Labute approximate surface area is 70.2 Å². The van der Waals surface area contributed by atoms with Crippen molar-refractivity contribution < 1.29 is 4.84 Å². The first-order chi connectivity index (χ1) is 5.08. The lowest BCUT2D eigenvalue weighted by atomic mass is 10.1. The summed E-state index contributed by atoms with van der Waals surface area (Å²) in [7, 11) is 0. The van der Waals surface area contributed by atoms with Gasteiger partial charge in [0.15, 0.2) is 0 Å². The zero-order chi connectivity index (χ0) is 8.48. The topological polar surface area (TPSA) is 48.1 Å². The van der Waals surface area contributed by atoms with E-state index >= 15 is 0 Å². The van der Waals surface area contributed by atoms with Crippen LogP contribution in [0.2, 0.25) is 0 Å². The average Bonchev–Trinajstić information content (AvgIpc) is 2.36. The molecular weight excluding hydrogens is 160 g/mol. The van der Waals surface area contributed by atoms with Gasteiger partial charge in [0.1, 0.15) is 5.60 Å². The Morgan fingerprint density at radius 3 is 2.64 bits per heavy atom. The molecule has 0 radical (unpaired) electrons. The molecule has 0 atom stereocenters. The van der Waals surface area contributed by atoms with E-state index in [0.29, 0.717) is 0 Å². The summed E-state index contributed by atoms with van der Waals surface area (Å²) in [6, 6.07) is 0. The second-order valence-corrected chi connectivity index (χ2v) is 3.75. The van der Waals surface area contributed by atoms with E-state index in [2.05, 4.69) is 4.98 Å². The van der Waals surface area contributed by atoms with Crippen LogP contribution in [0.1, 0.15) is 24.4 Å². The molecule has 0 aliphatic rings. The number of nitrogens with zero attached hydrogens (tertiary/aromatic N) is 1. The highest BCUT2D eigenvalue weighted by Gasteiger charge is 2.24. The molecule has 0 aromatic carbocycles. The van der Waals surface area contributed by atoms with Crippen molar-refractivity contribution in [2.75, 3.05) is 0 Å². The van der Waals surface area contributed by atoms with E-state index in [9.17, 15) is 0 Å². The summed E-state index contributed by atoms with van der Waals surface area (Å²) < 4.78 is 0. The first kappa shape index (κ1) is 8.64. The zero-order valence-corrected chi connectivity index (χ0v) is 7.73. The Morgan fingerprint density at radius 2 is 2.27 bits per heavy atom. The molecule has 0 fully saturated rings. The first-order valence-corrected chi connectivity index (χ1v) is 4.24. The summed E-state index contributed by atoms with van der Waals surface area (Å²) in [5, 5.41) is 0. The van der Waals surface area contributed by atoms with Crippen LogP contribution in [0.3, 0.4) is 0 Å². The van der Waals surface area contributed by atoms with E-state index < -0.39 is 5.60 Å². The number of nitrogens with two attached hydrogens (primary N) is 1. The smallest absolute Gasteiger partial charge is 0.120 e. The van der Waals surface area contributed by atoms with Crippen LogP contribution in [0, 0.1) is 6.92 Å². The van der Waals surface area contributed by atoms with Gasteiger partial charge >= 0.3 is 0 Å². The second kappa shape index (κ2) is 2.89. The predicted molar refractivity (Wildman–Crippen MR) is 45.1 cm³/mol. The summed E-state index contributed by atoms with van der Waals surface area (Å²) in [6.45, 7) is 5.80. The SMILES string of the molecule is Cc1ncsc1C(C)(C)ON. The highest BCUT2D eigenvalue weighted by atomic mass is 32.1. The maximum atomic E-state index is 5.15. The van der Waals surface area contributed by atoms with E-state index in [1.807, 2.05) is 20.8 Å². The predicted octanol–water partition coefficient (Wildman–Crippen LogP) is 1.58. The molecule has 1 aromatic rings.